The Morgan fingerprint density at radius 1 is 1.29 bits per heavy atom. The largest absolute Gasteiger partial charge is 0.298 e. The summed E-state index contributed by atoms with van der Waals surface area (Å²) in [6, 6.07) is 5.73. The summed E-state index contributed by atoms with van der Waals surface area (Å²) in [5, 5.41) is 8.37. The molecule has 1 saturated heterocycles. The minimum absolute atomic E-state index is 0.0176. The molecule has 3 rings (SSSR count). The van der Waals surface area contributed by atoms with Gasteiger partial charge < -0.3 is 0 Å². The quantitative estimate of drug-likeness (QED) is 0.811. The Balaban J connectivity index is 1.62. The Hall–Kier alpha value is -1.95. The smallest absolute Gasteiger partial charge is 0.266 e. The predicted molar refractivity (Wildman–Crippen MR) is 80.0 cm³/mol. The van der Waals surface area contributed by atoms with E-state index in [1.54, 1.807) is 23.0 Å². The standard InChI is InChI=1S/C15H21N5O/c1-18-13(6-9-16-18)7-11-19-10-3-4-14(19)12-20-15(21)5-2-8-17-20/h2,5-6,8-9,14H,3-4,7,10-12H2,1H3. The van der Waals surface area contributed by atoms with E-state index in [1.165, 1.54) is 12.1 Å². The van der Waals surface area contributed by atoms with Crippen LogP contribution in [0.25, 0.3) is 0 Å². The third kappa shape index (κ3) is 3.21. The Morgan fingerprint density at radius 2 is 2.19 bits per heavy atom. The van der Waals surface area contributed by atoms with Gasteiger partial charge in [-0.25, -0.2) is 4.68 Å². The number of aryl methyl sites for hydroxylation is 1. The van der Waals surface area contributed by atoms with E-state index in [-0.39, 0.29) is 5.56 Å². The van der Waals surface area contributed by atoms with E-state index in [0.717, 1.165) is 25.9 Å². The van der Waals surface area contributed by atoms with Crippen LogP contribution in [0.5, 0.6) is 0 Å². The van der Waals surface area contributed by atoms with E-state index in [0.29, 0.717) is 12.6 Å². The molecule has 0 amide bonds. The molecule has 0 aliphatic carbocycles. The molecule has 112 valence electrons. The van der Waals surface area contributed by atoms with E-state index >= 15 is 0 Å². The molecular weight excluding hydrogens is 266 g/mol. The number of hydrogen-bond acceptors (Lipinski definition) is 4. The highest BCUT2D eigenvalue weighted by molar-refractivity contribution is 5.01. The molecule has 0 saturated carbocycles. The SMILES string of the molecule is Cn1nccc1CCN1CCCC1Cn1ncccc1=O. The first-order chi connectivity index (χ1) is 10.2. The Kier molecular flexibility index (Phi) is 4.15. The van der Waals surface area contributed by atoms with Crippen LogP contribution in [0, 0.1) is 0 Å². The van der Waals surface area contributed by atoms with Crippen molar-refractivity contribution in [2.45, 2.75) is 31.8 Å². The summed E-state index contributed by atoms with van der Waals surface area (Å²) in [6.45, 7) is 2.79. The predicted octanol–water partition coefficient (Wildman–Crippen LogP) is 0.684. The first-order valence-electron chi connectivity index (χ1n) is 7.47. The average Bonchev–Trinajstić information content (AvgIpc) is 3.08. The number of likely N-dealkylation sites (tertiary alicyclic amines) is 1. The van der Waals surface area contributed by atoms with Gasteiger partial charge in [0.1, 0.15) is 0 Å². The number of rotatable bonds is 5. The van der Waals surface area contributed by atoms with Gasteiger partial charge >= 0.3 is 0 Å². The van der Waals surface area contributed by atoms with Crippen LogP contribution in [0.2, 0.25) is 0 Å². The lowest BCUT2D eigenvalue weighted by atomic mass is 10.2. The number of nitrogens with zero attached hydrogens (tertiary/aromatic N) is 5. The summed E-state index contributed by atoms with van der Waals surface area (Å²) in [6.07, 6.45) is 6.83. The molecule has 0 bridgehead atoms. The third-order valence-electron chi connectivity index (χ3n) is 4.25. The van der Waals surface area contributed by atoms with Gasteiger partial charge in [-0.2, -0.15) is 10.2 Å². The van der Waals surface area contributed by atoms with Crippen LogP contribution in [-0.4, -0.2) is 43.6 Å². The van der Waals surface area contributed by atoms with E-state index in [2.05, 4.69) is 21.2 Å². The van der Waals surface area contributed by atoms with Gasteiger partial charge in [0, 0.05) is 50.2 Å². The lowest BCUT2D eigenvalue weighted by molar-refractivity contribution is 0.226. The molecule has 1 atom stereocenters. The molecule has 0 radical (unpaired) electrons. The van der Waals surface area contributed by atoms with Crippen LogP contribution in [0.15, 0.2) is 35.4 Å². The van der Waals surface area contributed by atoms with E-state index in [4.69, 9.17) is 0 Å². The van der Waals surface area contributed by atoms with Gasteiger partial charge in [-0.05, 0) is 31.5 Å². The van der Waals surface area contributed by atoms with Crippen molar-refractivity contribution in [3.05, 3.63) is 46.6 Å². The Morgan fingerprint density at radius 3 is 2.95 bits per heavy atom. The fraction of sp³-hybridized carbons (Fsp3) is 0.533. The van der Waals surface area contributed by atoms with Crippen LogP contribution >= 0.6 is 0 Å². The third-order valence-corrected chi connectivity index (χ3v) is 4.25. The summed E-state index contributed by atoms with van der Waals surface area (Å²) >= 11 is 0. The second-order valence-corrected chi connectivity index (χ2v) is 5.57. The molecule has 21 heavy (non-hydrogen) atoms. The van der Waals surface area contributed by atoms with Gasteiger partial charge in [0.05, 0.1) is 6.54 Å². The maximum absolute atomic E-state index is 11.8. The minimum atomic E-state index is -0.0176. The molecule has 0 spiro atoms. The van der Waals surface area contributed by atoms with Crippen LogP contribution in [0.4, 0.5) is 0 Å². The topological polar surface area (TPSA) is 56.0 Å². The number of aromatic nitrogens is 4. The van der Waals surface area contributed by atoms with Crippen molar-refractivity contribution in [3.63, 3.8) is 0 Å². The summed E-state index contributed by atoms with van der Waals surface area (Å²) in [7, 11) is 1.98. The van der Waals surface area contributed by atoms with Crippen molar-refractivity contribution in [1.82, 2.24) is 24.5 Å². The van der Waals surface area contributed by atoms with Gasteiger partial charge in [-0.3, -0.25) is 14.4 Å². The molecule has 3 heterocycles. The van der Waals surface area contributed by atoms with Crippen molar-refractivity contribution in [3.8, 4) is 0 Å². The zero-order chi connectivity index (χ0) is 14.7. The molecule has 0 N–H and O–H groups in total. The van der Waals surface area contributed by atoms with Crippen LogP contribution in [0.3, 0.4) is 0 Å². The van der Waals surface area contributed by atoms with Crippen molar-refractivity contribution in [2.75, 3.05) is 13.1 Å². The molecule has 0 aromatic carbocycles. The molecule has 1 fully saturated rings. The molecule has 1 aliphatic rings. The molecule has 1 aliphatic heterocycles. The highest BCUT2D eigenvalue weighted by atomic mass is 16.1. The molecular formula is C15H21N5O. The molecule has 2 aromatic rings. The molecule has 1 unspecified atom stereocenters. The van der Waals surface area contributed by atoms with Crippen LogP contribution in [-0.2, 0) is 20.0 Å². The second-order valence-electron chi connectivity index (χ2n) is 5.57. The van der Waals surface area contributed by atoms with E-state index < -0.39 is 0 Å². The normalized spacial score (nSPS) is 19.2. The molecule has 6 heteroatoms. The number of hydrogen-bond donors (Lipinski definition) is 0. The van der Waals surface area contributed by atoms with Gasteiger partial charge in [0.2, 0.25) is 0 Å². The maximum atomic E-state index is 11.8. The van der Waals surface area contributed by atoms with Gasteiger partial charge in [-0.1, -0.05) is 0 Å². The first-order valence-corrected chi connectivity index (χ1v) is 7.47. The van der Waals surface area contributed by atoms with Gasteiger partial charge in [0.15, 0.2) is 0 Å². The van der Waals surface area contributed by atoms with Crippen LogP contribution < -0.4 is 5.56 Å². The summed E-state index contributed by atoms with van der Waals surface area (Å²) in [5.74, 6) is 0. The van der Waals surface area contributed by atoms with E-state index in [1.807, 2.05) is 17.9 Å². The Bertz CT molecular complexity index is 647. The minimum Gasteiger partial charge on any atom is -0.298 e. The van der Waals surface area contributed by atoms with Crippen LogP contribution in [0.1, 0.15) is 18.5 Å². The Labute approximate surface area is 124 Å². The summed E-state index contributed by atoms with van der Waals surface area (Å²) in [5.41, 5.74) is 1.23. The monoisotopic (exact) mass is 287 g/mol. The maximum Gasteiger partial charge on any atom is 0.266 e. The van der Waals surface area contributed by atoms with Crippen molar-refractivity contribution in [1.29, 1.82) is 0 Å². The first kappa shape index (κ1) is 14.0. The highest BCUT2D eigenvalue weighted by Crippen LogP contribution is 2.18. The fourth-order valence-corrected chi connectivity index (χ4v) is 3.02. The fourth-order valence-electron chi connectivity index (χ4n) is 3.02. The van der Waals surface area contributed by atoms with Crippen molar-refractivity contribution >= 4 is 0 Å². The zero-order valence-electron chi connectivity index (χ0n) is 12.4. The summed E-state index contributed by atoms with van der Waals surface area (Å²) in [4.78, 5) is 14.2. The molecule has 2 aromatic heterocycles. The average molecular weight is 287 g/mol. The lowest BCUT2D eigenvalue weighted by Crippen LogP contribution is -2.38. The summed E-state index contributed by atoms with van der Waals surface area (Å²) < 4.78 is 3.50. The van der Waals surface area contributed by atoms with Gasteiger partial charge in [0.25, 0.3) is 5.56 Å². The second kappa shape index (κ2) is 6.22. The van der Waals surface area contributed by atoms with Crippen molar-refractivity contribution in [2.24, 2.45) is 7.05 Å². The van der Waals surface area contributed by atoms with Gasteiger partial charge in [-0.15, -0.1) is 0 Å². The van der Waals surface area contributed by atoms with Crippen molar-refractivity contribution < 1.29 is 0 Å². The van der Waals surface area contributed by atoms with E-state index in [9.17, 15) is 4.79 Å². The molecule has 6 nitrogen and oxygen atoms in total. The zero-order valence-corrected chi connectivity index (χ0v) is 12.4. The lowest BCUT2D eigenvalue weighted by Gasteiger charge is -2.24. The highest BCUT2D eigenvalue weighted by Gasteiger charge is 2.25.